The summed E-state index contributed by atoms with van der Waals surface area (Å²) in [5.74, 6) is 0.702. The molecule has 0 aliphatic heterocycles. The van der Waals surface area contributed by atoms with Crippen LogP contribution in [0.3, 0.4) is 0 Å². The van der Waals surface area contributed by atoms with Crippen LogP contribution in [-0.2, 0) is 6.42 Å². The summed E-state index contributed by atoms with van der Waals surface area (Å²) in [5.41, 5.74) is 8.14. The Morgan fingerprint density at radius 1 is 1.31 bits per heavy atom. The molecule has 0 bridgehead atoms. The van der Waals surface area contributed by atoms with E-state index in [1.165, 1.54) is 0 Å². The van der Waals surface area contributed by atoms with Crippen molar-refractivity contribution < 1.29 is 9.52 Å². The highest BCUT2D eigenvalue weighted by atomic mass is 35.5. The molecule has 1 aromatic heterocycles. The average molecular weight is 238 g/mol. The quantitative estimate of drug-likeness (QED) is 0.807. The highest BCUT2D eigenvalue weighted by Crippen LogP contribution is 2.33. The first-order valence-corrected chi connectivity index (χ1v) is 5.33. The molecule has 0 atom stereocenters. The van der Waals surface area contributed by atoms with Crippen LogP contribution in [0.4, 0.5) is 5.69 Å². The molecule has 0 saturated carbocycles. The van der Waals surface area contributed by atoms with E-state index >= 15 is 0 Å². The maximum Gasteiger partial charge on any atom is 0.135 e. The van der Waals surface area contributed by atoms with Gasteiger partial charge in [-0.1, -0.05) is 11.6 Å². The fourth-order valence-electron chi connectivity index (χ4n) is 1.65. The van der Waals surface area contributed by atoms with E-state index in [0.717, 1.165) is 11.1 Å². The predicted molar refractivity (Wildman–Crippen MR) is 64.4 cm³/mol. The lowest BCUT2D eigenvalue weighted by atomic mass is 10.0. The van der Waals surface area contributed by atoms with E-state index in [4.69, 9.17) is 26.9 Å². The molecule has 16 heavy (non-hydrogen) atoms. The summed E-state index contributed by atoms with van der Waals surface area (Å²) in [7, 11) is 0. The van der Waals surface area contributed by atoms with Crippen LogP contribution in [0.25, 0.3) is 11.3 Å². The van der Waals surface area contributed by atoms with E-state index in [9.17, 15) is 0 Å². The van der Waals surface area contributed by atoms with Gasteiger partial charge in [-0.3, -0.25) is 0 Å². The molecule has 1 heterocycles. The maximum atomic E-state index is 8.95. The molecule has 0 radical (unpaired) electrons. The zero-order chi connectivity index (χ0) is 11.5. The SMILES string of the molecule is Nc1c(-c2ccco2)ccc(Cl)c1CCO. The van der Waals surface area contributed by atoms with E-state index < -0.39 is 0 Å². The second-order valence-electron chi connectivity index (χ2n) is 3.44. The topological polar surface area (TPSA) is 59.4 Å². The van der Waals surface area contributed by atoms with Crippen LogP contribution in [0.5, 0.6) is 0 Å². The van der Waals surface area contributed by atoms with Gasteiger partial charge in [0.2, 0.25) is 0 Å². The van der Waals surface area contributed by atoms with Gasteiger partial charge in [-0.2, -0.15) is 0 Å². The molecule has 0 saturated heterocycles. The van der Waals surface area contributed by atoms with Gasteiger partial charge in [0, 0.05) is 22.9 Å². The number of aliphatic hydroxyl groups is 1. The zero-order valence-electron chi connectivity index (χ0n) is 8.61. The molecule has 0 spiro atoms. The van der Waals surface area contributed by atoms with Crippen molar-refractivity contribution in [3.8, 4) is 11.3 Å². The van der Waals surface area contributed by atoms with E-state index in [-0.39, 0.29) is 6.61 Å². The molecule has 4 heteroatoms. The Kier molecular flexibility index (Phi) is 3.17. The summed E-state index contributed by atoms with van der Waals surface area (Å²) in [6.45, 7) is 0.0194. The molecule has 1 aromatic carbocycles. The highest BCUT2D eigenvalue weighted by molar-refractivity contribution is 6.32. The van der Waals surface area contributed by atoms with E-state index in [1.54, 1.807) is 18.4 Å². The molecule has 2 aromatic rings. The lowest BCUT2D eigenvalue weighted by Crippen LogP contribution is -2.00. The van der Waals surface area contributed by atoms with Crippen LogP contribution in [-0.4, -0.2) is 11.7 Å². The summed E-state index contributed by atoms with van der Waals surface area (Å²) >= 11 is 6.02. The van der Waals surface area contributed by atoms with Crippen LogP contribution in [0.2, 0.25) is 5.02 Å². The predicted octanol–water partition coefficient (Wildman–Crippen LogP) is 2.72. The van der Waals surface area contributed by atoms with Crippen molar-refractivity contribution in [1.29, 1.82) is 0 Å². The molecule has 3 N–H and O–H groups in total. The lowest BCUT2D eigenvalue weighted by Gasteiger charge is -2.10. The van der Waals surface area contributed by atoms with Gasteiger partial charge in [0.1, 0.15) is 5.76 Å². The third-order valence-electron chi connectivity index (χ3n) is 2.45. The third kappa shape index (κ3) is 1.92. The second kappa shape index (κ2) is 4.60. The fourth-order valence-corrected chi connectivity index (χ4v) is 1.91. The van der Waals surface area contributed by atoms with Gasteiger partial charge in [-0.05, 0) is 36.2 Å². The normalized spacial score (nSPS) is 10.6. The van der Waals surface area contributed by atoms with Gasteiger partial charge in [-0.25, -0.2) is 0 Å². The molecule has 2 rings (SSSR count). The monoisotopic (exact) mass is 237 g/mol. The third-order valence-corrected chi connectivity index (χ3v) is 2.80. The summed E-state index contributed by atoms with van der Waals surface area (Å²) < 4.78 is 5.29. The smallest absolute Gasteiger partial charge is 0.135 e. The summed E-state index contributed by atoms with van der Waals surface area (Å²) in [4.78, 5) is 0. The minimum Gasteiger partial charge on any atom is -0.464 e. The Balaban J connectivity index is 2.52. The van der Waals surface area contributed by atoms with Gasteiger partial charge in [0.25, 0.3) is 0 Å². The van der Waals surface area contributed by atoms with Crippen LogP contribution in [0.1, 0.15) is 5.56 Å². The number of hydrogen-bond acceptors (Lipinski definition) is 3. The summed E-state index contributed by atoms with van der Waals surface area (Å²) in [6, 6.07) is 7.22. The summed E-state index contributed by atoms with van der Waals surface area (Å²) in [5, 5.41) is 9.52. The van der Waals surface area contributed by atoms with Crippen LogP contribution in [0, 0.1) is 0 Å². The van der Waals surface area contributed by atoms with Gasteiger partial charge >= 0.3 is 0 Å². The van der Waals surface area contributed by atoms with Crippen molar-refractivity contribution in [2.45, 2.75) is 6.42 Å². The standard InChI is InChI=1S/C12H12ClNO2/c13-10-4-3-9(11-2-1-7-16-11)12(14)8(10)5-6-15/h1-4,7,15H,5-6,14H2. The maximum absolute atomic E-state index is 8.95. The number of nitrogen functional groups attached to an aromatic ring is 1. The second-order valence-corrected chi connectivity index (χ2v) is 3.85. The fraction of sp³-hybridized carbons (Fsp3) is 0.167. The van der Waals surface area contributed by atoms with Gasteiger partial charge in [-0.15, -0.1) is 0 Å². The van der Waals surface area contributed by atoms with Crippen LogP contribution < -0.4 is 5.73 Å². The van der Waals surface area contributed by atoms with Crippen LogP contribution in [0.15, 0.2) is 34.9 Å². The molecule has 84 valence electrons. The van der Waals surface area contributed by atoms with Crippen molar-refractivity contribution in [1.82, 2.24) is 0 Å². The van der Waals surface area contributed by atoms with Crippen molar-refractivity contribution in [3.05, 3.63) is 41.1 Å². The summed E-state index contributed by atoms with van der Waals surface area (Å²) in [6.07, 6.45) is 2.04. The Hall–Kier alpha value is -1.45. The number of hydrogen-bond donors (Lipinski definition) is 2. The number of aliphatic hydroxyl groups excluding tert-OH is 1. The minimum atomic E-state index is 0.0194. The van der Waals surface area contributed by atoms with Crippen molar-refractivity contribution in [2.75, 3.05) is 12.3 Å². The number of halogens is 1. The number of rotatable bonds is 3. The average Bonchev–Trinajstić information content (AvgIpc) is 2.77. The first-order chi connectivity index (χ1) is 7.74. The number of furan rings is 1. The number of nitrogens with two attached hydrogens (primary N) is 1. The van der Waals surface area contributed by atoms with Gasteiger partial charge < -0.3 is 15.3 Å². The Labute approximate surface area is 98.5 Å². The number of anilines is 1. The molecular formula is C12H12ClNO2. The Bertz CT molecular complexity index is 480. The van der Waals surface area contributed by atoms with E-state index in [2.05, 4.69) is 0 Å². The molecule has 0 aliphatic carbocycles. The zero-order valence-corrected chi connectivity index (χ0v) is 9.37. The number of benzene rings is 1. The molecule has 3 nitrogen and oxygen atoms in total. The molecule has 0 amide bonds. The first kappa shape index (κ1) is 11.0. The Morgan fingerprint density at radius 2 is 2.12 bits per heavy atom. The Morgan fingerprint density at radius 3 is 2.75 bits per heavy atom. The molecular weight excluding hydrogens is 226 g/mol. The molecule has 0 fully saturated rings. The minimum absolute atomic E-state index is 0.0194. The van der Waals surface area contributed by atoms with E-state index in [1.807, 2.05) is 12.1 Å². The van der Waals surface area contributed by atoms with E-state index in [0.29, 0.717) is 22.9 Å². The first-order valence-electron chi connectivity index (χ1n) is 4.95. The van der Waals surface area contributed by atoms with Crippen LogP contribution >= 0.6 is 11.6 Å². The highest BCUT2D eigenvalue weighted by Gasteiger charge is 2.12. The van der Waals surface area contributed by atoms with Crippen molar-refractivity contribution >= 4 is 17.3 Å². The molecule has 0 unspecified atom stereocenters. The van der Waals surface area contributed by atoms with Gasteiger partial charge in [0.05, 0.1) is 6.26 Å². The largest absolute Gasteiger partial charge is 0.464 e. The lowest BCUT2D eigenvalue weighted by molar-refractivity contribution is 0.300. The van der Waals surface area contributed by atoms with Crippen molar-refractivity contribution in [2.24, 2.45) is 0 Å². The molecule has 0 aliphatic rings. The van der Waals surface area contributed by atoms with Gasteiger partial charge in [0.15, 0.2) is 0 Å². The van der Waals surface area contributed by atoms with Crippen molar-refractivity contribution in [3.63, 3.8) is 0 Å².